The molecule has 0 aromatic heterocycles. The maximum Gasteiger partial charge on any atom is 0.323 e. The molecule has 3 rings (SSSR count). The number of thioether (sulfide) groups is 1. The highest BCUT2D eigenvalue weighted by molar-refractivity contribution is 7.98. The van der Waals surface area contributed by atoms with Crippen LogP contribution in [-0.2, 0) is 16.1 Å². The minimum atomic E-state index is -0.714. The first-order valence-corrected chi connectivity index (χ1v) is 11.2. The predicted molar refractivity (Wildman–Crippen MR) is 121 cm³/mol. The van der Waals surface area contributed by atoms with Gasteiger partial charge in [-0.2, -0.15) is 11.8 Å². The number of para-hydroxylation sites is 2. The summed E-state index contributed by atoms with van der Waals surface area (Å²) in [6.07, 6.45) is 2.41. The highest BCUT2D eigenvalue weighted by Crippen LogP contribution is 2.28. The average molecular weight is 447 g/mol. The SMILES string of the molecule is CSCCC(NC(=O)N1CC(=O)Nc2ccccc21)C(=O)NCc1ccc(Cl)cc1. The summed E-state index contributed by atoms with van der Waals surface area (Å²) in [5.41, 5.74) is 2.07. The molecule has 7 nitrogen and oxygen atoms in total. The largest absolute Gasteiger partial charge is 0.350 e. The van der Waals surface area contributed by atoms with Gasteiger partial charge in [0.15, 0.2) is 0 Å². The number of amides is 4. The smallest absolute Gasteiger partial charge is 0.323 e. The molecule has 1 heterocycles. The number of urea groups is 1. The van der Waals surface area contributed by atoms with Crippen molar-refractivity contribution in [3.8, 4) is 0 Å². The number of benzene rings is 2. The number of rotatable bonds is 7. The number of hydrogen-bond donors (Lipinski definition) is 3. The molecule has 158 valence electrons. The van der Waals surface area contributed by atoms with Crippen molar-refractivity contribution in [2.75, 3.05) is 28.8 Å². The molecule has 30 heavy (non-hydrogen) atoms. The molecule has 3 N–H and O–H groups in total. The monoisotopic (exact) mass is 446 g/mol. The Bertz CT molecular complexity index is 923. The summed E-state index contributed by atoms with van der Waals surface area (Å²) in [5, 5.41) is 9.02. The van der Waals surface area contributed by atoms with E-state index in [4.69, 9.17) is 11.6 Å². The van der Waals surface area contributed by atoms with Crippen molar-refractivity contribution in [2.24, 2.45) is 0 Å². The molecule has 0 saturated heterocycles. The van der Waals surface area contributed by atoms with Gasteiger partial charge in [0.25, 0.3) is 0 Å². The number of carbonyl (C=O) groups is 3. The molecule has 0 spiro atoms. The number of carbonyl (C=O) groups excluding carboxylic acids is 3. The van der Waals surface area contributed by atoms with Crippen LogP contribution in [0.25, 0.3) is 0 Å². The number of halogens is 1. The van der Waals surface area contributed by atoms with Gasteiger partial charge < -0.3 is 16.0 Å². The molecule has 1 unspecified atom stereocenters. The zero-order valence-corrected chi connectivity index (χ0v) is 18.1. The van der Waals surface area contributed by atoms with Gasteiger partial charge in [0.1, 0.15) is 12.6 Å². The number of hydrogen-bond acceptors (Lipinski definition) is 4. The fourth-order valence-corrected chi connectivity index (χ4v) is 3.66. The van der Waals surface area contributed by atoms with Crippen LogP contribution in [0.15, 0.2) is 48.5 Å². The Kier molecular flexibility index (Phi) is 7.59. The van der Waals surface area contributed by atoms with Crippen LogP contribution < -0.4 is 20.9 Å². The Morgan fingerprint density at radius 3 is 2.67 bits per heavy atom. The van der Waals surface area contributed by atoms with E-state index in [1.165, 1.54) is 4.90 Å². The Morgan fingerprint density at radius 2 is 1.93 bits per heavy atom. The fourth-order valence-electron chi connectivity index (χ4n) is 3.06. The first-order valence-electron chi connectivity index (χ1n) is 9.46. The summed E-state index contributed by atoms with van der Waals surface area (Å²) < 4.78 is 0. The molecular weight excluding hydrogens is 424 g/mol. The fraction of sp³-hybridized carbons (Fsp3) is 0.286. The van der Waals surface area contributed by atoms with Crippen LogP contribution in [0.1, 0.15) is 12.0 Å². The van der Waals surface area contributed by atoms with Gasteiger partial charge in [-0.05, 0) is 48.3 Å². The molecule has 1 aliphatic heterocycles. The maximum absolute atomic E-state index is 12.9. The van der Waals surface area contributed by atoms with Crippen LogP contribution in [0.2, 0.25) is 5.02 Å². The van der Waals surface area contributed by atoms with Crippen molar-refractivity contribution in [3.05, 3.63) is 59.1 Å². The van der Waals surface area contributed by atoms with Crippen LogP contribution in [0.4, 0.5) is 16.2 Å². The Balaban J connectivity index is 1.67. The molecule has 0 bridgehead atoms. The van der Waals surface area contributed by atoms with E-state index in [1.54, 1.807) is 48.2 Å². The van der Waals surface area contributed by atoms with E-state index >= 15 is 0 Å². The average Bonchev–Trinajstić information content (AvgIpc) is 2.75. The van der Waals surface area contributed by atoms with E-state index < -0.39 is 12.1 Å². The summed E-state index contributed by atoms with van der Waals surface area (Å²) in [7, 11) is 0. The Labute approximate surface area is 184 Å². The molecule has 4 amide bonds. The Hall–Kier alpha value is -2.71. The van der Waals surface area contributed by atoms with Gasteiger partial charge in [0.2, 0.25) is 11.8 Å². The lowest BCUT2D eigenvalue weighted by atomic mass is 10.1. The summed E-state index contributed by atoms with van der Waals surface area (Å²) >= 11 is 7.48. The van der Waals surface area contributed by atoms with Crippen LogP contribution in [0.5, 0.6) is 0 Å². The predicted octanol–water partition coefficient (Wildman–Crippen LogP) is 3.25. The number of anilines is 2. The molecule has 0 radical (unpaired) electrons. The van der Waals surface area contributed by atoms with Gasteiger partial charge in [-0.15, -0.1) is 0 Å². The molecular formula is C21H23ClN4O3S. The number of nitrogens with zero attached hydrogens (tertiary/aromatic N) is 1. The Morgan fingerprint density at radius 1 is 1.20 bits per heavy atom. The maximum atomic E-state index is 12.9. The molecule has 1 atom stereocenters. The number of nitrogens with one attached hydrogen (secondary N) is 3. The second-order valence-corrected chi connectivity index (χ2v) is 8.20. The third-order valence-electron chi connectivity index (χ3n) is 4.62. The van der Waals surface area contributed by atoms with E-state index in [0.29, 0.717) is 35.1 Å². The standard InChI is InChI=1S/C21H23ClN4O3S/c1-30-11-10-17(20(28)23-12-14-6-8-15(22)9-7-14)25-21(29)26-13-19(27)24-16-4-2-3-5-18(16)26/h2-9,17H,10-13H2,1H3,(H,23,28)(H,24,27)(H,25,29). The highest BCUT2D eigenvalue weighted by Gasteiger charge is 2.29. The topological polar surface area (TPSA) is 90.5 Å². The highest BCUT2D eigenvalue weighted by atomic mass is 35.5. The molecule has 2 aromatic carbocycles. The van der Waals surface area contributed by atoms with Crippen LogP contribution in [0, 0.1) is 0 Å². The quantitative estimate of drug-likeness (QED) is 0.609. The zero-order chi connectivity index (χ0) is 21.5. The van der Waals surface area contributed by atoms with Crippen molar-refractivity contribution in [1.29, 1.82) is 0 Å². The minimum absolute atomic E-state index is 0.107. The molecule has 0 aliphatic carbocycles. The van der Waals surface area contributed by atoms with E-state index in [2.05, 4.69) is 16.0 Å². The third kappa shape index (κ3) is 5.67. The second-order valence-electron chi connectivity index (χ2n) is 6.78. The van der Waals surface area contributed by atoms with Crippen molar-refractivity contribution < 1.29 is 14.4 Å². The van der Waals surface area contributed by atoms with Gasteiger partial charge in [-0.25, -0.2) is 4.79 Å². The van der Waals surface area contributed by atoms with Gasteiger partial charge in [0.05, 0.1) is 11.4 Å². The van der Waals surface area contributed by atoms with Crippen LogP contribution in [-0.4, -0.2) is 42.4 Å². The summed E-state index contributed by atoms with van der Waals surface area (Å²) in [4.78, 5) is 39.0. The summed E-state index contributed by atoms with van der Waals surface area (Å²) in [6, 6.07) is 13.1. The lowest BCUT2D eigenvalue weighted by Gasteiger charge is -2.30. The van der Waals surface area contributed by atoms with E-state index in [1.807, 2.05) is 18.4 Å². The molecule has 0 fully saturated rings. The van der Waals surface area contributed by atoms with Crippen molar-refractivity contribution in [1.82, 2.24) is 10.6 Å². The van der Waals surface area contributed by atoms with Gasteiger partial charge in [-0.1, -0.05) is 35.9 Å². The van der Waals surface area contributed by atoms with Crippen LogP contribution in [0.3, 0.4) is 0 Å². The summed E-state index contributed by atoms with van der Waals surface area (Å²) in [5.74, 6) is 0.148. The summed E-state index contributed by atoms with van der Waals surface area (Å²) in [6.45, 7) is 0.223. The molecule has 9 heteroatoms. The molecule has 0 saturated carbocycles. The normalized spacial score (nSPS) is 13.8. The van der Waals surface area contributed by atoms with Crippen molar-refractivity contribution in [3.63, 3.8) is 0 Å². The number of fused-ring (bicyclic) bond motifs is 1. The van der Waals surface area contributed by atoms with E-state index in [-0.39, 0.29) is 18.4 Å². The second kappa shape index (κ2) is 10.4. The van der Waals surface area contributed by atoms with Crippen molar-refractivity contribution >= 4 is 52.6 Å². The molecule has 1 aliphatic rings. The van der Waals surface area contributed by atoms with E-state index in [9.17, 15) is 14.4 Å². The first kappa shape index (κ1) is 22.0. The first-order chi connectivity index (χ1) is 14.5. The third-order valence-corrected chi connectivity index (χ3v) is 5.52. The van der Waals surface area contributed by atoms with Gasteiger partial charge in [-0.3, -0.25) is 14.5 Å². The van der Waals surface area contributed by atoms with E-state index in [0.717, 1.165) is 5.56 Å². The minimum Gasteiger partial charge on any atom is -0.350 e. The van der Waals surface area contributed by atoms with Crippen molar-refractivity contribution in [2.45, 2.75) is 19.0 Å². The lowest BCUT2D eigenvalue weighted by molar-refractivity contribution is -0.123. The van der Waals surface area contributed by atoms with Gasteiger partial charge >= 0.3 is 6.03 Å². The lowest BCUT2D eigenvalue weighted by Crippen LogP contribution is -2.54. The van der Waals surface area contributed by atoms with Crippen LogP contribution >= 0.6 is 23.4 Å². The van der Waals surface area contributed by atoms with Gasteiger partial charge in [0, 0.05) is 11.6 Å². The zero-order valence-electron chi connectivity index (χ0n) is 16.5. The molecule has 2 aromatic rings.